The molecule has 2 saturated heterocycles. The van der Waals surface area contributed by atoms with Crippen LogP contribution in [0.1, 0.15) is 65.1 Å². The molecule has 0 aromatic heterocycles. The molecule has 8 nitrogen and oxygen atoms in total. The molecule has 2 amide bonds. The van der Waals surface area contributed by atoms with E-state index in [0.717, 1.165) is 103 Å². The molecule has 2 heterocycles. The van der Waals surface area contributed by atoms with Gasteiger partial charge in [-0.15, -0.1) is 0 Å². The van der Waals surface area contributed by atoms with Gasteiger partial charge in [-0.25, -0.2) is 0 Å². The third-order valence-corrected chi connectivity index (χ3v) is 10.8. The molecule has 0 bridgehead atoms. The zero-order valence-corrected chi connectivity index (χ0v) is 31.2. The summed E-state index contributed by atoms with van der Waals surface area (Å²) in [5, 5.41) is 3.17. The number of piperidine rings is 1. The van der Waals surface area contributed by atoms with Gasteiger partial charge in [-0.05, 0) is 87.8 Å². The lowest BCUT2D eigenvalue weighted by Crippen LogP contribution is -2.51. The van der Waals surface area contributed by atoms with E-state index >= 15 is 0 Å². The van der Waals surface area contributed by atoms with Crippen LogP contribution in [0.5, 0.6) is 0 Å². The number of carbonyl (C=O) groups excluding carboxylic acids is 2. The molecule has 8 heteroatoms. The predicted octanol–water partition coefficient (Wildman–Crippen LogP) is 6.18. The minimum atomic E-state index is -0.0598. The summed E-state index contributed by atoms with van der Waals surface area (Å²) in [6.07, 6.45) is 9.41. The van der Waals surface area contributed by atoms with Crippen LogP contribution in [-0.2, 0) is 16.1 Å². The van der Waals surface area contributed by atoms with Crippen molar-refractivity contribution in [1.82, 2.24) is 24.9 Å². The van der Waals surface area contributed by atoms with Crippen LogP contribution in [0.2, 0.25) is 0 Å². The zero-order valence-electron chi connectivity index (χ0n) is 31.2. The Labute approximate surface area is 311 Å². The van der Waals surface area contributed by atoms with Gasteiger partial charge in [-0.3, -0.25) is 19.4 Å². The number of allylic oxidation sites excluding steroid dienone is 3. The molecule has 3 aliphatic rings. The first-order valence-electron chi connectivity index (χ1n) is 19.3. The van der Waals surface area contributed by atoms with Gasteiger partial charge in [0.1, 0.15) is 0 Å². The van der Waals surface area contributed by atoms with Gasteiger partial charge in [-0.2, -0.15) is 0 Å². The van der Waals surface area contributed by atoms with Crippen LogP contribution in [0.4, 0.5) is 0 Å². The smallest absolute Gasteiger partial charge is 0.251 e. The molecule has 2 aliphatic heterocycles. The third-order valence-electron chi connectivity index (χ3n) is 10.8. The van der Waals surface area contributed by atoms with E-state index in [4.69, 9.17) is 4.74 Å². The first kappa shape index (κ1) is 37.5. The van der Waals surface area contributed by atoms with Gasteiger partial charge in [0, 0.05) is 76.2 Å². The summed E-state index contributed by atoms with van der Waals surface area (Å²) in [6.45, 7) is 9.46. The lowest BCUT2D eigenvalue weighted by molar-refractivity contribution is -0.138. The van der Waals surface area contributed by atoms with Crippen LogP contribution in [0.15, 0.2) is 108 Å². The second-order valence-corrected chi connectivity index (χ2v) is 14.9. The molecule has 3 aromatic carbocycles. The maximum absolute atomic E-state index is 13.5. The largest absolute Gasteiger partial charge is 0.498 e. The fourth-order valence-corrected chi connectivity index (χ4v) is 7.62. The normalized spacial score (nSPS) is 17.6. The van der Waals surface area contributed by atoms with Gasteiger partial charge in [0.25, 0.3) is 5.91 Å². The maximum Gasteiger partial charge on any atom is 0.251 e. The number of amides is 2. The Bertz CT molecular complexity index is 1580. The minimum absolute atomic E-state index is 0.0598. The standard InChI is InChI=1S/C44H57N5O3/c1-46(2)24-9-31-52-41-20-16-36(17-21-41)33-47-25-22-40(23-26-47)44(51)49-29-27-48(28-30-49)34-35-14-18-39(19-15-35)43(50)45-32-42(37-10-5-3-6-11-37)38-12-7-4-8-13-38/h3-8,10-16,18-20,40,42H,9,17,21-34H2,1-2H3,(H,45,50). The molecule has 276 valence electrons. The number of piperazine rings is 1. The van der Waals surface area contributed by atoms with E-state index < -0.39 is 0 Å². The van der Waals surface area contributed by atoms with Crippen molar-refractivity contribution in [1.29, 1.82) is 0 Å². The molecule has 0 spiro atoms. The van der Waals surface area contributed by atoms with Crippen molar-refractivity contribution in [3.63, 3.8) is 0 Å². The van der Waals surface area contributed by atoms with Crippen molar-refractivity contribution in [2.24, 2.45) is 5.92 Å². The molecule has 0 saturated carbocycles. The van der Waals surface area contributed by atoms with Crippen LogP contribution in [0.3, 0.4) is 0 Å². The average molecular weight is 704 g/mol. The number of carbonyl (C=O) groups is 2. The molecule has 0 unspecified atom stereocenters. The average Bonchev–Trinajstić information content (AvgIpc) is 3.18. The molecule has 0 radical (unpaired) electrons. The fraction of sp³-hybridized carbons (Fsp3) is 0.455. The molecular formula is C44H57N5O3. The topological polar surface area (TPSA) is 68.4 Å². The number of nitrogens with zero attached hydrogens (tertiary/aromatic N) is 4. The Morgan fingerprint density at radius 3 is 2.00 bits per heavy atom. The number of nitrogens with one attached hydrogen (secondary N) is 1. The van der Waals surface area contributed by atoms with Crippen molar-refractivity contribution in [2.75, 3.05) is 79.6 Å². The van der Waals surface area contributed by atoms with Crippen molar-refractivity contribution in [2.45, 2.75) is 44.6 Å². The van der Waals surface area contributed by atoms with E-state index in [1.54, 1.807) is 0 Å². The highest BCUT2D eigenvalue weighted by atomic mass is 16.5. The second-order valence-electron chi connectivity index (χ2n) is 14.9. The first-order valence-corrected chi connectivity index (χ1v) is 19.3. The molecule has 3 aromatic rings. The van der Waals surface area contributed by atoms with Crippen molar-refractivity contribution >= 4 is 11.8 Å². The van der Waals surface area contributed by atoms with Gasteiger partial charge in [0.15, 0.2) is 0 Å². The van der Waals surface area contributed by atoms with Gasteiger partial charge in [-0.1, -0.05) is 84.4 Å². The summed E-state index contributed by atoms with van der Waals surface area (Å²) in [4.78, 5) is 35.8. The molecule has 0 atom stereocenters. The highest BCUT2D eigenvalue weighted by Crippen LogP contribution is 2.26. The molecular weight excluding hydrogens is 647 g/mol. The zero-order chi connectivity index (χ0) is 36.1. The van der Waals surface area contributed by atoms with Crippen molar-refractivity contribution in [3.05, 3.63) is 131 Å². The minimum Gasteiger partial charge on any atom is -0.498 e. The van der Waals surface area contributed by atoms with Crippen molar-refractivity contribution in [3.8, 4) is 0 Å². The summed E-state index contributed by atoms with van der Waals surface area (Å²) in [5.41, 5.74) is 5.69. The van der Waals surface area contributed by atoms with E-state index in [1.807, 2.05) is 48.5 Å². The van der Waals surface area contributed by atoms with E-state index in [2.05, 4.69) is 87.6 Å². The first-order chi connectivity index (χ1) is 25.4. The van der Waals surface area contributed by atoms with E-state index in [0.29, 0.717) is 18.0 Å². The van der Waals surface area contributed by atoms with Crippen LogP contribution in [-0.4, -0.2) is 111 Å². The molecule has 52 heavy (non-hydrogen) atoms. The van der Waals surface area contributed by atoms with Gasteiger partial charge < -0.3 is 19.9 Å². The monoisotopic (exact) mass is 703 g/mol. The third kappa shape index (κ3) is 10.9. The SMILES string of the molecule is CN(C)CCCOC1=CC=C(CN2CCC(C(=O)N3CCN(Cc4ccc(C(=O)NCC(c5ccccc5)c5ccccc5)cc4)CC3)CC2)CC1. The highest BCUT2D eigenvalue weighted by Gasteiger charge is 2.31. The Hall–Kier alpha value is -4.24. The molecule has 1 aliphatic carbocycles. The number of hydrogen-bond acceptors (Lipinski definition) is 6. The van der Waals surface area contributed by atoms with Crippen LogP contribution < -0.4 is 5.32 Å². The Morgan fingerprint density at radius 2 is 1.40 bits per heavy atom. The lowest BCUT2D eigenvalue weighted by Gasteiger charge is -2.38. The second kappa shape index (κ2) is 19.0. The number of benzene rings is 3. The summed E-state index contributed by atoms with van der Waals surface area (Å²) < 4.78 is 5.97. The predicted molar refractivity (Wildman–Crippen MR) is 209 cm³/mol. The van der Waals surface area contributed by atoms with E-state index in [1.165, 1.54) is 22.3 Å². The maximum atomic E-state index is 13.5. The number of hydrogen-bond donors (Lipinski definition) is 1. The summed E-state index contributed by atoms with van der Waals surface area (Å²) in [5.74, 6) is 1.61. The van der Waals surface area contributed by atoms with Crippen molar-refractivity contribution < 1.29 is 14.3 Å². The van der Waals surface area contributed by atoms with Gasteiger partial charge in [0.2, 0.25) is 5.91 Å². The highest BCUT2D eigenvalue weighted by molar-refractivity contribution is 5.94. The quantitative estimate of drug-likeness (QED) is 0.191. The van der Waals surface area contributed by atoms with E-state index in [-0.39, 0.29) is 17.7 Å². The van der Waals surface area contributed by atoms with Gasteiger partial charge in [0.05, 0.1) is 12.4 Å². The molecule has 2 fully saturated rings. The number of rotatable bonds is 15. The molecule has 6 rings (SSSR count). The van der Waals surface area contributed by atoms with Crippen LogP contribution in [0, 0.1) is 5.92 Å². The Morgan fingerprint density at radius 1 is 0.769 bits per heavy atom. The Kier molecular flexibility index (Phi) is 13.7. The summed E-state index contributed by atoms with van der Waals surface area (Å²) >= 11 is 0. The molecule has 1 N–H and O–H groups in total. The lowest BCUT2D eigenvalue weighted by atomic mass is 9.91. The Balaban J connectivity index is 0.892. The fourth-order valence-electron chi connectivity index (χ4n) is 7.62. The van der Waals surface area contributed by atoms with Gasteiger partial charge >= 0.3 is 0 Å². The van der Waals surface area contributed by atoms with Crippen LogP contribution in [0.25, 0.3) is 0 Å². The number of ether oxygens (including phenoxy) is 1. The number of likely N-dealkylation sites (tertiary alicyclic amines) is 1. The van der Waals surface area contributed by atoms with Crippen LogP contribution >= 0.6 is 0 Å². The summed E-state index contributed by atoms with van der Waals surface area (Å²) in [6, 6.07) is 28.7. The summed E-state index contributed by atoms with van der Waals surface area (Å²) in [7, 11) is 4.19. The van der Waals surface area contributed by atoms with E-state index in [9.17, 15) is 9.59 Å².